The zero-order valence-electron chi connectivity index (χ0n) is 19.3. The van der Waals surface area contributed by atoms with E-state index in [1.54, 1.807) is 32.0 Å². The number of hydrogen-bond acceptors (Lipinski definition) is 7. The van der Waals surface area contributed by atoms with Gasteiger partial charge in [-0.15, -0.1) is 0 Å². The molecular weight excluding hydrogens is 436 g/mol. The van der Waals surface area contributed by atoms with Crippen LogP contribution in [0.25, 0.3) is 22.8 Å². The number of nitrogens with zero attached hydrogens (tertiary/aromatic N) is 3. The molecule has 0 atom stereocenters. The minimum absolute atomic E-state index is 0.105. The van der Waals surface area contributed by atoms with Crippen molar-refractivity contribution < 1.29 is 18.8 Å². The number of benzene rings is 2. The van der Waals surface area contributed by atoms with Crippen LogP contribution in [0.5, 0.6) is 11.5 Å². The SMILES string of the molecule is COc1cc(NC(=O)Cn2c(C)cc(C)c(-c3nc(-c4ccccc4)no3)c2=O)cc(OC)c1. The van der Waals surface area contributed by atoms with E-state index in [1.807, 2.05) is 36.4 Å². The molecule has 0 spiro atoms. The molecule has 4 aromatic rings. The van der Waals surface area contributed by atoms with Gasteiger partial charge in [0.1, 0.15) is 23.6 Å². The van der Waals surface area contributed by atoms with Crippen LogP contribution in [0.3, 0.4) is 0 Å². The molecule has 4 rings (SSSR count). The standard InChI is InChI=1S/C25H24N4O5/c1-15-10-16(2)29(14-21(30)26-18-11-19(32-3)13-20(12-18)33-4)25(31)22(15)24-27-23(28-34-24)17-8-6-5-7-9-17/h5-13H,14H2,1-4H3,(H,26,30). The van der Waals surface area contributed by atoms with Gasteiger partial charge in [-0.2, -0.15) is 4.98 Å². The van der Waals surface area contributed by atoms with E-state index >= 15 is 0 Å². The first-order valence-corrected chi connectivity index (χ1v) is 10.5. The van der Waals surface area contributed by atoms with Crippen LogP contribution in [0.4, 0.5) is 5.69 Å². The molecule has 174 valence electrons. The summed E-state index contributed by atoms with van der Waals surface area (Å²) in [5.74, 6) is 1.17. The lowest BCUT2D eigenvalue weighted by Crippen LogP contribution is -2.30. The minimum atomic E-state index is -0.390. The number of hydrogen-bond donors (Lipinski definition) is 1. The molecule has 34 heavy (non-hydrogen) atoms. The quantitative estimate of drug-likeness (QED) is 0.446. The van der Waals surface area contributed by atoms with Crippen LogP contribution in [0.1, 0.15) is 11.3 Å². The number of methoxy groups -OCH3 is 2. The van der Waals surface area contributed by atoms with E-state index in [2.05, 4.69) is 15.5 Å². The predicted octanol–water partition coefficient (Wildman–Crippen LogP) is 3.84. The molecule has 9 heteroatoms. The normalized spacial score (nSPS) is 10.7. The second kappa shape index (κ2) is 9.62. The summed E-state index contributed by atoms with van der Waals surface area (Å²) >= 11 is 0. The molecule has 0 saturated carbocycles. The van der Waals surface area contributed by atoms with E-state index in [0.717, 1.165) is 5.56 Å². The van der Waals surface area contributed by atoms with Gasteiger partial charge in [-0.3, -0.25) is 9.59 Å². The van der Waals surface area contributed by atoms with Gasteiger partial charge in [-0.1, -0.05) is 35.5 Å². The van der Waals surface area contributed by atoms with E-state index < -0.39 is 0 Å². The summed E-state index contributed by atoms with van der Waals surface area (Å²) in [7, 11) is 3.05. The van der Waals surface area contributed by atoms with Crippen molar-refractivity contribution in [2.24, 2.45) is 0 Å². The molecule has 0 radical (unpaired) electrons. The lowest BCUT2D eigenvalue weighted by atomic mass is 10.1. The Balaban J connectivity index is 1.63. The van der Waals surface area contributed by atoms with Crippen molar-refractivity contribution in [3.63, 3.8) is 0 Å². The maximum atomic E-state index is 13.4. The zero-order chi connectivity index (χ0) is 24.2. The van der Waals surface area contributed by atoms with E-state index in [9.17, 15) is 9.59 Å². The van der Waals surface area contributed by atoms with Crippen LogP contribution in [-0.2, 0) is 11.3 Å². The van der Waals surface area contributed by atoms with Gasteiger partial charge in [0.05, 0.1) is 14.2 Å². The topological polar surface area (TPSA) is 108 Å². The van der Waals surface area contributed by atoms with E-state index in [-0.39, 0.29) is 29.5 Å². The number of anilines is 1. The number of carbonyl (C=O) groups excluding carboxylic acids is 1. The van der Waals surface area contributed by atoms with Crippen LogP contribution in [0, 0.1) is 13.8 Å². The maximum absolute atomic E-state index is 13.4. The van der Waals surface area contributed by atoms with Gasteiger partial charge in [-0.25, -0.2) is 0 Å². The third kappa shape index (κ3) is 4.68. The summed E-state index contributed by atoms with van der Waals surface area (Å²) in [4.78, 5) is 30.6. The Hall–Kier alpha value is -4.40. The Bertz CT molecular complexity index is 1370. The summed E-state index contributed by atoms with van der Waals surface area (Å²) in [6, 6.07) is 16.2. The van der Waals surface area contributed by atoms with Crippen molar-refractivity contribution in [1.82, 2.24) is 14.7 Å². The average Bonchev–Trinajstić information content (AvgIpc) is 3.31. The number of aromatic nitrogens is 3. The first kappa shape index (κ1) is 22.8. The summed E-state index contributed by atoms with van der Waals surface area (Å²) in [5, 5.41) is 6.79. The van der Waals surface area contributed by atoms with Crippen molar-refractivity contribution >= 4 is 11.6 Å². The Morgan fingerprint density at radius 3 is 2.35 bits per heavy atom. The van der Waals surface area contributed by atoms with E-state index in [1.165, 1.54) is 18.8 Å². The highest BCUT2D eigenvalue weighted by Gasteiger charge is 2.20. The molecule has 0 saturated heterocycles. The third-order valence-corrected chi connectivity index (χ3v) is 5.31. The fourth-order valence-electron chi connectivity index (χ4n) is 3.64. The van der Waals surface area contributed by atoms with Crippen LogP contribution in [0.2, 0.25) is 0 Å². The Labute approximate surface area is 196 Å². The van der Waals surface area contributed by atoms with Gasteiger partial charge in [0, 0.05) is 35.1 Å². The van der Waals surface area contributed by atoms with Crippen LogP contribution < -0.4 is 20.3 Å². The zero-order valence-corrected chi connectivity index (χ0v) is 19.3. The second-order valence-electron chi connectivity index (χ2n) is 7.67. The van der Waals surface area contributed by atoms with Gasteiger partial charge in [0.2, 0.25) is 11.7 Å². The first-order valence-electron chi connectivity index (χ1n) is 10.5. The van der Waals surface area contributed by atoms with Crippen molar-refractivity contribution in [3.8, 4) is 34.3 Å². The average molecular weight is 460 g/mol. The largest absolute Gasteiger partial charge is 0.497 e. The van der Waals surface area contributed by atoms with Crippen LogP contribution in [-0.4, -0.2) is 34.8 Å². The molecule has 0 aliphatic heterocycles. The maximum Gasteiger partial charge on any atom is 0.264 e. The lowest BCUT2D eigenvalue weighted by Gasteiger charge is -2.14. The molecule has 1 amide bonds. The highest BCUT2D eigenvalue weighted by molar-refractivity contribution is 5.91. The third-order valence-electron chi connectivity index (χ3n) is 5.31. The summed E-state index contributed by atoms with van der Waals surface area (Å²) in [6.45, 7) is 3.36. The van der Waals surface area contributed by atoms with E-state index in [4.69, 9.17) is 14.0 Å². The molecule has 2 aromatic carbocycles. The van der Waals surface area contributed by atoms with Gasteiger partial charge in [-0.05, 0) is 25.5 Å². The smallest absolute Gasteiger partial charge is 0.264 e. The highest BCUT2D eigenvalue weighted by atomic mass is 16.5. The first-order chi connectivity index (χ1) is 16.4. The number of rotatable bonds is 7. The molecule has 2 heterocycles. The number of amides is 1. The lowest BCUT2D eigenvalue weighted by molar-refractivity contribution is -0.116. The molecule has 2 aromatic heterocycles. The molecule has 0 unspecified atom stereocenters. The number of nitrogens with one attached hydrogen (secondary N) is 1. The molecule has 0 fully saturated rings. The second-order valence-corrected chi connectivity index (χ2v) is 7.67. The van der Waals surface area contributed by atoms with Crippen molar-refractivity contribution in [3.05, 3.63) is 76.2 Å². The molecule has 0 aliphatic rings. The Morgan fingerprint density at radius 2 is 1.71 bits per heavy atom. The molecule has 9 nitrogen and oxygen atoms in total. The molecular formula is C25H24N4O5. The monoisotopic (exact) mass is 460 g/mol. The molecule has 1 N–H and O–H groups in total. The fraction of sp³-hybridized carbons (Fsp3) is 0.200. The highest BCUT2D eigenvalue weighted by Crippen LogP contribution is 2.26. The number of pyridine rings is 1. The molecule has 0 aliphatic carbocycles. The summed E-state index contributed by atoms with van der Waals surface area (Å²) < 4.78 is 17.3. The van der Waals surface area contributed by atoms with Gasteiger partial charge < -0.3 is 23.9 Å². The predicted molar refractivity (Wildman–Crippen MR) is 127 cm³/mol. The number of ether oxygens (including phenoxy) is 2. The van der Waals surface area contributed by atoms with Gasteiger partial charge >= 0.3 is 0 Å². The Kier molecular flexibility index (Phi) is 6.44. The summed E-state index contributed by atoms with van der Waals surface area (Å²) in [6.07, 6.45) is 0. The van der Waals surface area contributed by atoms with Crippen molar-refractivity contribution in [2.45, 2.75) is 20.4 Å². The van der Waals surface area contributed by atoms with Crippen LogP contribution in [0.15, 0.2) is 63.9 Å². The number of aryl methyl sites for hydroxylation is 2. The fourth-order valence-corrected chi connectivity index (χ4v) is 3.64. The van der Waals surface area contributed by atoms with Crippen molar-refractivity contribution in [2.75, 3.05) is 19.5 Å². The number of carbonyl (C=O) groups is 1. The minimum Gasteiger partial charge on any atom is -0.497 e. The van der Waals surface area contributed by atoms with Gasteiger partial charge in [0.15, 0.2) is 0 Å². The Morgan fingerprint density at radius 1 is 1.03 bits per heavy atom. The van der Waals surface area contributed by atoms with Crippen molar-refractivity contribution in [1.29, 1.82) is 0 Å². The van der Waals surface area contributed by atoms with Crippen LogP contribution >= 0.6 is 0 Å². The van der Waals surface area contributed by atoms with E-state index in [0.29, 0.717) is 34.3 Å². The summed E-state index contributed by atoms with van der Waals surface area (Å²) in [5.41, 5.74) is 2.45. The molecule has 0 bridgehead atoms. The van der Waals surface area contributed by atoms with Gasteiger partial charge in [0.25, 0.3) is 11.4 Å².